The molecule has 7 nitrogen and oxygen atoms in total. The first kappa shape index (κ1) is 27.1. The van der Waals surface area contributed by atoms with Crippen LogP contribution in [0.25, 0.3) is 0 Å². The van der Waals surface area contributed by atoms with Gasteiger partial charge in [0.05, 0.1) is 0 Å². The lowest BCUT2D eigenvalue weighted by molar-refractivity contribution is -0.138. The number of amides is 4. The van der Waals surface area contributed by atoms with Gasteiger partial charge in [0.25, 0.3) is 11.8 Å². The van der Waals surface area contributed by atoms with Crippen molar-refractivity contribution in [2.24, 2.45) is 17.3 Å². The van der Waals surface area contributed by atoms with Crippen LogP contribution in [0.3, 0.4) is 0 Å². The predicted molar refractivity (Wildman–Crippen MR) is 129 cm³/mol. The normalized spacial score (nSPS) is 20.9. The number of unbranched alkanes of at least 4 members (excludes halogenated alkanes) is 3. The highest BCUT2D eigenvalue weighted by Gasteiger charge is 2.31. The van der Waals surface area contributed by atoms with Gasteiger partial charge in [0.2, 0.25) is 11.8 Å². The van der Waals surface area contributed by atoms with E-state index < -0.39 is 0 Å². The molecular formula is C26H43N3O4. The molecule has 33 heavy (non-hydrogen) atoms. The van der Waals surface area contributed by atoms with E-state index in [9.17, 15) is 19.2 Å². The maximum Gasteiger partial charge on any atom is 0.253 e. The van der Waals surface area contributed by atoms with Crippen LogP contribution < -0.4 is 10.6 Å². The molecule has 1 saturated carbocycles. The summed E-state index contributed by atoms with van der Waals surface area (Å²) in [7, 11) is 0. The van der Waals surface area contributed by atoms with E-state index in [2.05, 4.69) is 31.4 Å². The second-order valence-corrected chi connectivity index (χ2v) is 10.8. The molecule has 186 valence electrons. The molecule has 1 aliphatic heterocycles. The predicted octanol–water partition coefficient (Wildman–Crippen LogP) is 3.73. The Morgan fingerprint density at radius 2 is 1.48 bits per heavy atom. The van der Waals surface area contributed by atoms with E-state index in [-0.39, 0.29) is 35.5 Å². The van der Waals surface area contributed by atoms with E-state index in [0.717, 1.165) is 64.3 Å². The maximum atomic E-state index is 12.4. The van der Waals surface area contributed by atoms with Crippen LogP contribution in [-0.4, -0.2) is 48.2 Å². The van der Waals surface area contributed by atoms with Gasteiger partial charge in [-0.3, -0.25) is 24.1 Å². The summed E-state index contributed by atoms with van der Waals surface area (Å²) in [5.74, 6) is 0.0814. The zero-order valence-electron chi connectivity index (χ0n) is 20.8. The molecule has 0 spiro atoms. The Hall–Kier alpha value is -2.18. The lowest BCUT2D eigenvalue weighted by Gasteiger charge is -2.30. The molecule has 1 heterocycles. The van der Waals surface area contributed by atoms with Crippen molar-refractivity contribution in [3.63, 3.8) is 0 Å². The number of carbonyl (C=O) groups is 4. The Kier molecular flexibility index (Phi) is 11.1. The Labute approximate surface area is 199 Å². The van der Waals surface area contributed by atoms with Gasteiger partial charge < -0.3 is 10.6 Å². The van der Waals surface area contributed by atoms with Crippen LogP contribution in [0.4, 0.5) is 0 Å². The third-order valence-electron chi connectivity index (χ3n) is 6.61. The van der Waals surface area contributed by atoms with E-state index in [0.29, 0.717) is 24.9 Å². The second-order valence-electron chi connectivity index (χ2n) is 10.8. The van der Waals surface area contributed by atoms with Gasteiger partial charge in [0.1, 0.15) is 0 Å². The fourth-order valence-corrected chi connectivity index (χ4v) is 4.52. The van der Waals surface area contributed by atoms with E-state index >= 15 is 0 Å². The second kappa shape index (κ2) is 13.5. The monoisotopic (exact) mass is 461 g/mol. The van der Waals surface area contributed by atoms with Crippen LogP contribution in [0.15, 0.2) is 12.2 Å². The molecule has 0 aromatic heterocycles. The van der Waals surface area contributed by atoms with Crippen molar-refractivity contribution < 1.29 is 19.2 Å². The van der Waals surface area contributed by atoms with Crippen LogP contribution >= 0.6 is 0 Å². The highest BCUT2D eigenvalue weighted by Crippen LogP contribution is 2.30. The number of carbonyl (C=O) groups excluding carboxylic acids is 4. The average Bonchev–Trinajstić information content (AvgIpc) is 3.07. The summed E-state index contributed by atoms with van der Waals surface area (Å²) < 4.78 is 0. The fourth-order valence-electron chi connectivity index (χ4n) is 4.52. The largest absolute Gasteiger partial charge is 0.356 e. The summed E-state index contributed by atoms with van der Waals surface area (Å²) >= 11 is 0. The zero-order valence-corrected chi connectivity index (χ0v) is 20.8. The minimum Gasteiger partial charge on any atom is -0.356 e. The highest BCUT2D eigenvalue weighted by atomic mass is 16.2. The van der Waals surface area contributed by atoms with Gasteiger partial charge in [-0.05, 0) is 62.7 Å². The Bertz CT molecular complexity index is 685. The number of rotatable bonds is 13. The third-order valence-corrected chi connectivity index (χ3v) is 6.61. The van der Waals surface area contributed by atoms with Crippen LogP contribution in [0.2, 0.25) is 0 Å². The molecule has 0 bridgehead atoms. The molecule has 1 aliphatic carbocycles. The molecule has 0 radical (unpaired) electrons. The third kappa shape index (κ3) is 10.5. The lowest BCUT2D eigenvalue weighted by Crippen LogP contribution is -2.38. The van der Waals surface area contributed by atoms with Crippen molar-refractivity contribution in [1.29, 1.82) is 0 Å². The number of nitrogens with one attached hydrogen (secondary N) is 2. The molecule has 2 aliphatic rings. The Balaban J connectivity index is 1.45. The van der Waals surface area contributed by atoms with Crippen molar-refractivity contribution in [3.8, 4) is 0 Å². The van der Waals surface area contributed by atoms with Crippen molar-refractivity contribution >= 4 is 23.6 Å². The number of imide groups is 1. The molecule has 0 aromatic rings. The van der Waals surface area contributed by atoms with Crippen LogP contribution in [0, 0.1) is 17.3 Å². The number of nitrogens with zero attached hydrogens (tertiary/aromatic N) is 1. The van der Waals surface area contributed by atoms with Gasteiger partial charge in [0, 0.05) is 44.1 Å². The van der Waals surface area contributed by atoms with Crippen molar-refractivity contribution in [1.82, 2.24) is 15.5 Å². The fraction of sp³-hybridized carbons (Fsp3) is 0.769. The number of hydrogen-bond acceptors (Lipinski definition) is 4. The molecular weight excluding hydrogens is 418 g/mol. The summed E-state index contributed by atoms with van der Waals surface area (Å²) in [4.78, 5) is 49.0. The molecule has 0 unspecified atom stereocenters. The van der Waals surface area contributed by atoms with Gasteiger partial charge >= 0.3 is 0 Å². The Morgan fingerprint density at radius 3 is 2.12 bits per heavy atom. The Morgan fingerprint density at radius 1 is 0.879 bits per heavy atom. The van der Waals surface area contributed by atoms with Crippen LogP contribution in [0.1, 0.15) is 91.4 Å². The molecule has 4 amide bonds. The van der Waals surface area contributed by atoms with Crippen LogP contribution in [-0.2, 0) is 19.2 Å². The van der Waals surface area contributed by atoms with Gasteiger partial charge in [0.15, 0.2) is 0 Å². The highest BCUT2D eigenvalue weighted by molar-refractivity contribution is 6.12. The molecule has 0 aromatic carbocycles. The lowest BCUT2D eigenvalue weighted by atomic mass is 9.81. The molecule has 2 N–H and O–H groups in total. The van der Waals surface area contributed by atoms with Crippen molar-refractivity contribution in [3.05, 3.63) is 12.2 Å². The molecule has 1 fully saturated rings. The molecule has 0 atom stereocenters. The van der Waals surface area contributed by atoms with E-state index in [1.54, 1.807) is 0 Å². The summed E-state index contributed by atoms with van der Waals surface area (Å²) in [5.41, 5.74) is 0.355. The SMILES string of the molecule is CC(C)(C)CCCCNC(=O)CCCCCNC(=O)C1CCC(CN2C(=O)C=CC2=O)CC1. The van der Waals surface area contributed by atoms with Crippen LogP contribution in [0.5, 0.6) is 0 Å². The van der Waals surface area contributed by atoms with E-state index in [1.807, 2.05) is 0 Å². The molecule has 0 saturated heterocycles. The van der Waals surface area contributed by atoms with Gasteiger partial charge in [-0.25, -0.2) is 0 Å². The standard InChI is InChI=1S/C26H43N3O4/c1-26(2,3)16-6-8-17-27-22(30)9-5-4-7-18-28-25(33)21-12-10-20(11-13-21)19-29-23(31)14-15-24(29)32/h14-15,20-21H,4-13,16-19H2,1-3H3,(H,27,30)(H,28,33). The van der Waals surface area contributed by atoms with E-state index in [4.69, 9.17) is 0 Å². The maximum absolute atomic E-state index is 12.4. The van der Waals surface area contributed by atoms with E-state index in [1.165, 1.54) is 23.5 Å². The summed E-state index contributed by atoms with van der Waals surface area (Å²) in [6.45, 7) is 8.58. The molecule has 7 heteroatoms. The minimum atomic E-state index is -0.228. The topological polar surface area (TPSA) is 95.6 Å². The first-order valence-corrected chi connectivity index (χ1v) is 12.7. The smallest absolute Gasteiger partial charge is 0.253 e. The summed E-state index contributed by atoms with van der Waals surface area (Å²) in [5, 5.41) is 6.03. The van der Waals surface area contributed by atoms with Gasteiger partial charge in [-0.15, -0.1) is 0 Å². The van der Waals surface area contributed by atoms with Crippen molar-refractivity contribution in [2.75, 3.05) is 19.6 Å². The minimum absolute atomic E-state index is 0.0217. The average molecular weight is 462 g/mol. The van der Waals surface area contributed by atoms with Gasteiger partial charge in [-0.1, -0.05) is 33.6 Å². The first-order chi connectivity index (χ1) is 15.7. The zero-order chi connectivity index (χ0) is 24.3. The molecule has 2 rings (SSSR count). The number of hydrogen-bond donors (Lipinski definition) is 2. The quantitative estimate of drug-likeness (QED) is 0.323. The first-order valence-electron chi connectivity index (χ1n) is 12.7. The summed E-state index contributed by atoms with van der Waals surface area (Å²) in [6.07, 6.45) is 12.5. The van der Waals surface area contributed by atoms with Crippen molar-refractivity contribution in [2.45, 2.75) is 91.4 Å². The summed E-state index contributed by atoms with van der Waals surface area (Å²) in [6, 6.07) is 0. The van der Waals surface area contributed by atoms with Gasteiger partial charge in [-0.2, -0.15) is 0 Å².